The van der Waals surface area contributed by atoms with E-state index in [4.69, 9.17) is 16.2 Å². The molecule has 1 amide bonds. The second-order valence-electron chi connectivity index (χ2n) is 9.76. The van der Waals surface area contributed by atoms with Crippen LogP contribution in [0.4, 0.5) is 10.5 Å². The van der Waals surface area contributed by atoms with Gasteiger partial charge in [0, 0.05) is 25.1 Å². The Hall–Kier alpha value is -4.41. The van der Waals surface area contributed by atoms with E-state index in [9.17, 15) is 18.0 Å². The first-order valence-electron chi connectivity index (χ1n) is 12.6. The zero-order valence-corrected chi connectivity index (χ0v) is 22.6. The van der Waals surface area contributed by atoms with Gasteiger partial charge in [0.05, 0.1) is 12.0 Å². The molecule has 0 saturated carbocycles. The molecule has 9 nitrogen and oxygen atoms in total. The third kappa shape index (κ3) is 4.99. The van der Waals surface area contributed by atoms with Crippen molar-refractivity contribution < 1.29 is 27.5 Å². The van der Waals surface area contributed by atoms with Crippen molar-refractivity contribution in [2.45, 2.75) is 35.4 Å². The topological polar surface area (TPSA) is 142 Å². The maximum atomic E-state index is 14.4. The minimum Gasteiger partial charge on any atom is -0.438 e. The molecule has 0 bridgehead atoms. The van der Waals surface area contributed by atoms with Crippen molar-refractivity contribution in [3.63, 3.8) is 0 Å². The smallest absolute Gasteiger partial charge is 0.438 e. The Morgan fingerprint density at radius 3 is 2.35 bits per heavy atom. The van der Waals surface area contributed by atoms with Gasteiger partial charge in [0.25, 0.3) is 5.91 Å². The quantitative estimate of drug-likeness (QED) is 0.268. The highest BCUT2D eigenvalue weighted by Gasteiger charge is 2.52. The fourth-order valence-electron chi connectivity index (χ4n) is 5.04. The fourth-order valence-corrected chi connectivity index (χ4v) is 6.70. The molecule has 1 aliphatic rings. The molecule has 5 rings (SSSR count). The summed E-state index contributed by atoms with van der Waals surface area (Å²) in [6.07, 6.45) is -2.36. The van der Waals surface area contributed by atoms with Gasteiger partial charge in [0.2, 0.25) is 14.7 Å². The molecule has 206 valence electrons. The summed E-state index contributed by atoms with van der Waals surface area (Å²) < 4.78 is 38.9. The van der Waals surface area contributed by atoms with Crippen LogP contribution in [0.3, 0.4) is 0 Å². The first-order chi connectivity index (χ1) is 19.1. The van der Waals surface area contributed by atoms with E-state index in [2.05, 4.69) is 4.74 Å². The molecule has 2 atom stereocenters. The van der Waals surface area contributed by atoms with Crippen LogP contribution in [0.1, 0.15) is 16.7 Å². The van der Waals surface area contributed by atoms with E-state index in [0.29, 0.717) is 16.6 Å². The number of ether oxygens (including phenoxy) is 2. The number of sulfone groups is 1. The maximum absolute atomic E-state index is 14.4. The normalized spacial score (nSPS) is 16.6. The highest BCUT2D eigenvalue weighted by Crippen LogP contribution is 2.33. The van der Waals surface area contributed by atoms with Crippen molar-refractivity contribution in [3.05, 3.63) is 108 Å². The van der Waals surface area contributed by atoms with Crippen LogP contribution in [0.5, 0.6) is 0 Å². The van der Waals surface area contributed by atoms with Gasteiger partial charge >= 0.3 is 6.16 Å². The van der Waals surface area contributed by atoms with Crippen LogP contribution in [0.2, 0.25) is 0 Å². The van der Waals surface area contributed by atoms with Crippen molar-refractivity contribution in [1.82, 2.24) is 4.90 Å². The molecule has 1 unspecified atom stereocenters. The first-order valence-corrected chi connectivity index (χ1v) is 14.1. The standard InChI is InChI=1S/C30H29N3O6S/c1-38-29(35)39-27-17-23-10-4-5-11-24(23)19-33(27)28(34)30(32,18-20-7-6-12-25(31)15-20)40(36,37)26-14-13-21-8-2-3-9-22(21)16-26/h2-16,27H,17-19,31-32H2,1H3/t27?,30-/m1/s1. The van der Waals surface area contributed by atoms with Crippen LogP contribution in [0.25, 0.3) is 10.8 Å². The number of nitrogens with two attached hydrogens (primary N) is 2. The van der Waals surface area contributed by atoms with Gasteiger partial charge in [-0.1, -0.05) is 66.7 Å². The summed E-state index contributed by atoms with van der Waals surface area (Å²) >= 11 is 0. The van der Waals surface area contributed by atoms with Gasteiger partial charge < -0.3 is 20.9 Å². The number of methoxy groups -OCH3 is 1. The molecule has 1 aliphatic heterocycles. The van der Waals surface area contributed by atoms with E-state index in [1.807, 2.05) is 36.4 Å². The molecule has 0 spiro atoms. The molecule has 4 N–H and O–H groups in total. The summed E-state index contributed by atoms with van der Waals surface area (Å²) in [5, 5.41) is 1.52. The lowest BCUT2D eigenvalue weighted by Crippen LogP contribution is -2.64. The number of amides is 1. The van der Waals surface area contributed by atoms with Crippen molar-refractivity contribution in [2.24, 2.45) is 5.73 Å². The summed E-state index contributed by atoms with van der Waals surface area (Å²) in [5.74, 6) is -0.911. The van der Waals surface area contributed by atoms with E-state index in [-0.39, 0.29) is 24.3 Å². The zero-order valence-electron chi connectivity index (χ0n) is 21.8. The SMILES string of the molecule is COC(=O)OC1Cc2ccccc2CN1C(=O)[C@@](N)(Cc1cccc(N)c1)S(=O)(=O)c1ccc2ccccc2c1. The van der Waals surface area contributed by atoms with Crippen molar-refractivity contribution in [2.75, 3.05) is 12.8 Å². The number of anilines is 1. The lowest BCUT2D eigenvalue weighted by Gasteiger charge is -2.40. The Bertz CT molecular complexity index is 1710. The second kappa shape index (κ2) is 10.6. The van der Waals surface area contributed by atoms with E-state index in [1.54, 1.807) is 42.5 Å². The minimum absolute atomic E-state index is 0.0141. The molecular formula is C30H29N3O6S. The van der Waals surface area contributed by atoms with Gasteiger partial charge in [0.1, 0.15) is 0 Å². The van der Waals surface area contributed by atoms with Gasteiger partial charge in [-0.05, 0) is 51.7 Å². The Labute approximate surface area is 232 Å². The average molecular weight is 560 g/mol. The summed E-state index contributed by atoms with van der Waals surface area (Å²) in [4.78, 5) is 25.2. The van der Waals surface area contributed by atoms with Crippen LogP contribution in [0.15, 0.2) is 95.9 Å². The third-order valence-electron chi connectivity index (χ3n) is 7.15. The fraction of sp³-hybridized carbons (Fsp3) is 0.200. The number of nitrogens with zero attached hydrogens (tertiary/aromatic N) is 1. The van der Waals surface area contributed by atoms with Crippen LogP contribution in [0, 0.1) is 0 Å². The predicted octanol–water partition coefficient (Wildman–Crippen LogP) is 3.79. The monoisotopic (exact) mass is 559 g/mol. The number of hydrogen-bond donors (Lipinski definition) is 2. The van der Waals surface area contributed by atoms with E-state index >= 15 is 0 Å². The van der Waals surface area contributed by atoms with Crippen LogP contribution in [-0.4, -0.2) is 43.6 Å². The first kappa shape index (κ1) is 27.2. The summed E-state index contributed by atoms with van der Waals surface area (Å²) in [6.45, 7) is -0.0141. The maximum Gasteiger partial charge on any atom is 0.509 e. The molecule has 1 heterocycles. The molecule has 4 aromatic carbocycles. The van der Waals surface area contributed by atoms with Crippen LogP contribution >= 0.6 is 0 Å². The van der Waals surface area contributed by atoms with Crippen molar-refractivity contribution in [1.29, 1.82) is 0 Å². The van der Waals surface area contributed by atoms with E-state index in [0.717, 1.165) is 23.6 Å². The number of hydrogen-bond acceptors (Lipinski definition) is 8. The number of benzene rings is 4. The molecule has 40 heavy (non-hydrogen) atoms. The second-order valence-corrected chi connectivity index (χ2v) is 12.0. The number of carbonyl (C=O) groups excluding carboxylic acids is 2. The summed E-state index contributed by atoms with van der Waals surface area (Å²) in [6, 6.07) is 25.8. The Morgan fingerprint density at radius 2 is 1.62 bits per heavy atom. The Balaban J connectivity index is 1.63. The van der Waals surface area contributed by atoms with Gasteiger partial charge in [-0.15, -0.1) is 0 Å². The van der Waals surface area contributed by atoms with Crippen LogP contribution < -0.4 is 11.5 Å². The van der Waals surface area contributed by atoms with E-state index in [1.165, 1.54) is 17.0 Å². The molecule has 0 aliphatic carbocycles. The van der Waals surface area contributed by atoms with Gasteiger partial charge in [0.15, 0.2) is 6.23 Å². The molecule has 0 radical (unpaired) electrons. The third-order valence-corrected chi connectivity index (χ3v) is 9.30. The Kier molecular flexibility index (Phi) is 7.22. The minimum atomic E-state index is -4.51. The largest absolute Gasteiger partial charge is 0.509 e. The highest BCUT2D eigenvalue weighted by atomic mass is 32.2. The molecular weight excluding hydrogens is 530 g/mol. The lowest BCUT2D eigenvalue weighted by molar-refractivity contribution is -0.148. The number of rotatable bonds is 6. The molecule has 4 aromatic rings. The van der Waals surface area contributed by atoms with Crippen molar-refractivity contribution >= 4 is 38.4 Å². The lowest BCUT2D eigenvalue weighted by atomic mass is 9.96. The summed E-state index contributed by atoms with van der Waals surface area (Å²) in [5.41, 5.74) is 15.2. The van der Waals surface area contributed by atoms with Crippen LogP contribution in [-0.2, 0) is 43.5 Å². The molecule has 10 heteroatoms. The van der Waals surface area contributed by atoms with E-state index < -0.39 is 33.0 Å². The molecule has 0 fully saturated rings. The van der Waals surface area contributed by atoms with Gasteiger partial charge in [-0.3, -0.25) is 9.69 Å². The van der Waals surface area contributed by atoms with Gasteiger partial charge in [-0.25, -0.2) is 13.2 Å². The number of fused-ring (bicyclic) bond motifs is 2. The number of carbonyl (C=O) groups is 2. The highest BCUT2D eigenvalue weighted by molar-refractivity contribution is 7.93. The van der Waals surface area contributed by atoms with Crippen molar-refractivity contribution in [3.8, 4) is 0 Å². The number of nitrogen functional groups attached to an aromatic ring is 1. The zero-order chi connectivity index (χ0) is 28.5. The van der Waals surface area contributed by atoms with Gasteiger partial charge in [-0.2, -0.15) is 0 Å². The summed E-state index contributed by atoms with van der Waals surface area (Å²) in [7, 11) is -3.36. The molecule has 0 saturated heterocycles. The molecule has 0 aromatic heterocycles. The predicted molar refractivity (Wildman–Crippen MR) is 151 cm³/mol. The average Bonchev–Trinajstić information content (AvgIpc) is 2.95. The Morgan fingerprint density at radius 1 is 0.925 bits per heavy atom.